The van der Waals surface area contributed by atoms with Crippen molar-refractivity contribution in [3.05, 3.63) is 76.5 Å². The molecule has 3 aromatic rings. The third-order valence-corrected chi connectivity index (χ3v) is 3.61. The van der Waals surface area contributed by atoms with Gasteiger partial charge in [0.05, 0.1) is 16.0 Å². The Morgan fingerprint density at radius 1 is 1.09 bits per heavy atom. The van der Waals surface area contributed by atoms with Crippen molar-refractivity contribution in [2.75, 3.05) is 5.32 Å². The number of rotatable bonds is 4. The molecule has 0 unspecified atom stereocenters. The number of fused-ring (bicyclic) bond motifs is 1. The molecule has 0 aliphatic rings. The Morgan fingerprint density at radius 2 is 1.86 bits per heavy atom. The van der Waals surface area contributed by atoms with Gasteiger partial charge in [-0.1, -0.05) is 30.3 Å². The van der Waals surface area contributed by atoms with E-state index in [0.717, 1.165) is 11.3 Å². The maximum Gasteiger partial charge on any atom is 0.278 e. The number of nitrogens with zero attached hydrogens (tertiary/aromatic N) is 2. The molecular formula is C17H15N3O2. The highest BCUT2D eigenvalue weighted by Crippen LogP contribution is 2.31. The minimum absolute atomic E-state index is 0.0704. The first-order chi connectivity index (χ1) is 10.7. The molecule has 1 atom stereocenters. The molecule has 5 heteroatoms. The molecule has 0 aliphatic heterocycles. The van der Waals surface area contributed by atoms with Gasteiger partial charge in [-0.05, 0) is 30.7 Å². The van der Waals surface area contributed by atoms with E-state index in [0.29, 0.717) is 10.9 Å². The molecule has 0 spiro atoms. The zero-order valence-corrected chi connectivity index (χ0v) is 12.1. The molecule has 0 fully saturated rings. The van der Waals surface area contributed by atoms with Crippen LogP contribution < -0.4 is 5.32 Å². The molecule has 0 radical (unpaired) electrons. The van der Waals surface area contributed by atoms with Gasteiger partial charge in [0.25, 0.3) is 5.69 Å². The molecule has 1 N–H and O–H groups in total. The lowest BCUT2D eigenvalue weighted by Crippen LogP contribution is -2.07. The van der Waals surface area contributed by atoms with E-state index in [1.165, 1.54) is 6.07 Å². The van der Waals surface area contributed by atoms with Crippen molar-refractivity contribution in [3.8, 4) is 0 Å². The number of hydrogen-bond acceptors (Lipinski definition) is 4. The summed E-state index contributed by atoms with van der Waals surface area (Å²) in [5, 5.41) is 15.0. The third-order valence-electron chi connectivity index (χ3n) is 3.61. The summed E-state index contributed by atoms with van der Waals surface area (Å²) in [7, 11) is 0. The SMILES string of the molecule is C[C@@H](Nc1ccc([N+](=O)[O-])c2cccnc12)c1ccccc1. The van der Waals surface area contributed by atoms with Crippen molar-refractivity contribution in [2.45, 2.75) is 13.0 Å². The van der Waals surface area contributed by atoms with Crippen LogP contribution in [0.5, 0.6) is 0 Å². The standard InChI is InChI=1S/C17H15N3O2/c1-12(13-6-3-2-4-7-13)19-15-9-10-16(20(21)22)14-8-5-11-18-17(14)15/h2-12,19H,1H3/t12-/m1/s1. The maximum atomic E-state index is 11.1. The van der Waals surface area contributed by atoms with E-state index in [1.807, 2.05) is 37.3 Å². The molecule has 0 saturated heterocycles. The summed E-state index contributed by atoms with van der Waals surface area (Å²) < 4.78 is 0. The molecule has 0 bridgehead atoms. The van der Waals surface area contributed by atoms with Crippen LogP contribution in [0.25, 0.3) is 10.9 Å². The van der Waals surface area contributed by atoms with E-state index in [-0.39, 0.29) is 16.7 Å². The smallest absolute Gasteiger partial charge is 0.278 e. The van der Waals surface area contributed by atoms with Crippen LogP contribution in [-0.4, -0.2) is 9.91 Å². The van der Waals surface area contributed by atoms with Gasteiger partial charge in [-0.15, -0.1) is 0 Å². The lowest BCUT2D eigenvalue weighted by molar-refractivity contribution is -0.383. The molecule has 110 valence electrons. The van der Waals surface area contributed by atoms with Crippen LogP contribution in [0.2, 0.25) is 0 Å². The summed E-state index contributed by atoms with van der Waals surface area (Å²) >= 11 is 0. The minimum Gasteiger partial charge on any atom is -0.377 e. The van der Waals surface area contributed by atoms with Crippen LogP contribution in [-0.2, 0) is 0 Å². The lowest BCUT2D eigenvalue weighted by Gasteiger charge is -2.16. The average molecular weight is 293 g/mol. The highest BCUT2D eigenvalue weighted by Gasteiger charge is 2.16. The monoisotopic (exact) mass is 293 g/mol. The van der Waals surface area contributed by atoms with Gasteiger partial charge in [0.15, 0.2) is 0 Å². The van der Waals surface area contributed by atoms with Crippen molar-refractivity contribution in [1.29, 1.82) is 0 Å². The molecule has 2 aromatic carbocycles. The average Bonchev–Trinajstić information content (AvgIpc) is 2.55. The molecule has 0 aliphatic carbocycles. The zero-order chi connectivity index (χ0) is 15.5. The second-order valence-electron chi connectivity index (χ2n) is 5.07. The van der Waals surface area contributed by atoms with E-state index in [2.05, 4.69) is 10.3 Å². The van der Waals surface area contributed by atoms with Crippen LogP contribution in [0.1, 0.15) is 18.5 Å². The van der Waals surface area contributed by atoms with Crippen LogP contribution in [0.3, 0.4) is 0 Å². The Balaban J connectivity index is 2.02. The first kappa shape index (κ1) is 14.0. The fourth-order valence-electron chi connectivity index (χ4n) is 2.49. The predicted molar refractivity (Wildman–Crippen MR) is 86.9 cm³/mol. The zero-order valence-electron chi connectivity index (χ0n) is 12.1. The molecule has 0 saturated carbocycles. The van der Waals surface area contributed by atoms with Crippen LogP contribution in [0, 0.1) is 10.1 Å². The number of anilines is 1. The van der Waals surface area contributed by atoms with Gasteiger partial charge in [-0.2, -0.15) is 0 Å². The second kappa shape index (κ2) is 5.81. The largest absolute Gasteiger partial charge is 0.377 e. The fraction of sp³-hybridized carbons (Fsp3) is 0.118. The topological polar surface area (TPSA) is 68.1 Å². The van der Waals surface area contributed by atoms with Gasteiger partial charge in [-0.3, -0.25) is 15.1 Å². The third kappa shape index (κ3) is 2.61. The number of non-ortho nitro benzene ring substituents is 1. The van der Waals surface area contributed by atoms with Crippen molar-refractivity contribution < 1.29 is 4.92 Å². The highest BCUT2D eigenvalue weighted by atomic mass is 16.6. The first-order valence-corrected chi connectivity index (χ1v) is 7.00. The van der Waals surface area contributed by atoms with Crippen LogP contribution in [0.15, 0.2) is 60.8 Å². The number of aromatic nitrogens is 1. The van der Waals surface area contributed by atoms with Crippen molar-refractivity contribution >= 4 is 22.3 Å². The summed E-state index contributed by atoms with van der Waals surface area (Å²) in [5.74, 6) is 0. The van der Waals surface area contributed by atoms with Gasteiger partial charge in [0.2, 0.25) is 0 Å². The Labute approximate surface area is 127 Å². The molecule has 1 aromatic heterocycles. The molecule has 5 nitrogen and oxygen atoms in total. The molecule has 1 heterocycles. The first-order valence-electron chi connectivity index (χ1n) is 7.00. The van der Waals surface area contributed by atoms with Gasteiger partial charge >= 0.3 is 0 Å². The fourth-order valence-corrected chi connectivity index (χ4v) is 2.49. The summed E-state index contributed by atoms with van der Waals surface area (Å²) in [6.45, 7) is 2.05. The predicted octanol–water partition coefficient (Wildman–Crippen LogP) is 4.32. The molecule has 22 heavy (non-hydrogen) atoms. The Bertz CT molecular complexity index is 819. The number of benzene rings is 2. The van der Waals surface area contributed by atoms with Gasteiger partial charge < -0.3 is 5.32 Å². The Kier molecular flexibility index (Phi) is 3.70. The van der Waals surface area contributed by atoms with E-state index >= 15 is 0 Å². The van der Waals surface area contributed by atoms with E-state index in [1.54, 1.807) is 24.4 Å². The Morgan fingerprint density at radius 3 is 2.59 bits per heavy atom. The van der Waals surface area contributed by atoms with Gasteiger partial charge in [0, 0.05) is 18.3 Å². The maximum absolute atomic E-state index is 11.1. The summed E-state index contributed by atoms with van der Waals surface area (Å²) in [4.78, 5) is 15.1. The van der Waals surface area contributed by atoms with Crippen molar-refractivity contribution in [2.24, 2.45) is 0 Å². The Hall–Kier alpha value is -2.95. The number of pyridine rings is 1. The number of nitro groups is 1. The quantitative estimate of drug-likeness (QED) is 0.574. The van der Waals surface area contributed by atoms with Crippen molar-refractivity contribution in [3.63, 3.8) is 0 Å². The molecule has 3 rings (SSSR count). The van der Waals surface area contributed by atoms with Gasteiger partial charge in [-0.25, -0.2) is 0 Å². The number of nitrogens with one attached hydrogen (secondary N) is 1. The normalized spacial score (nSPS) is 12.0. The van der Waals surface area contributed by atoms with Crippen molar-refractivity contribution in [1.82, 2.24) is 4.98 Å². The number of nitro benzene ring substituents is 1. The summed E-state index contributed by atoms with van der Waals surface area (Å²) in [6.07, 6.45) is 1.64. The lowest BCUT2D eigenvalue weighted by atomic mass is 10.1. The highest BCUT2D eigenvalue weighted by molar-refractivity contribution is 5.96. The second-order valence-corrected chi connectivity index (χ2v) is 5.07. The molecular weight excluding hydrogens is 278 g/mol. The van der Waals surface area contributed by atoms with Gasteiger partial charge in [0.1, 0.15) is 5.52 Å². The van der Waals surface area contributed by atoms with Crippen LogP contribution >= 0.6 is 0 Å². The summed E-state index contributed by atoms with van der Waals surface area (Å²) in [6, 6.07) is 16.8. The molecule has 0 amide bonds. The number of hydrogen-bond donors (Lipinski definition) is 1. The van der Waals surface area contributed by atoms with E-state index < -0.39 is 0 Å². The summed E-state index contributed by atoms with van der Waals surface area (Å²) in [5.41, 5.74) is 2.61. The van der Waals surface area contributed by atoms with E-state index in [9.17, 15) is 10.1 Å². The van der Waals surface area contributed by atoms with Crippen LogP contribution in [0.4, 0.5) is 11.4 Å². The van der Waals surface area contributed by atoms with E-state index in [4.69, 9.17) is 0 Å². The minimum atomic E-state index is -0.381.